The van der Waals surface area contributed by atoms with Gasteiger partial charge in [0.25, 0.3) is 0 Å². The van der Waals surface area contributed by atoms with Crippen molar-refractivity contribution in [3.8, 4) is 0 Å². The van der Waals surface area contributed by atoms with E-state index in [0.717, 1.165) is 12.5 Å². The smallest absolute Gasteiger partial charge is 0.0554 e. The molecule has 2 rings (SSSR count). The topological polar surface area (TPSA) is 43.8 Å². The molecule has 1 aromatic rings. The molecule has 3 nitrogen and oxygen atoms in total. The highest BCUT2D eigenvalue weighted by Gasteiger charge is 2.26. The van der Waals surface area contributed by atoms with E-state index in [2.05, 4.69) is 25.0 Å². The molecule has 1 aromatic heterocycles. The summed E-state index contributed by atoms with van der Waals surface area (Å²) in [6.07, 6.45) is 7.08. The average Bonchev–Trinajstić information content (AvgIpc) is 2.77. The third-order valence-corrected chi connectivity index (χ3v) is 3.96. The number of nitrogens with two attached hydrogens (primary N) is 1. The van der Waals surface area contributed by atoms with Crippen LogP contribution in [0.15, 0.2) is 12.3 Å². The Kier molecular flexibility index (Phi) is 3.64. The summed E-state index contributed by atoms with van der Waals surface area (Å²) < 4.78 is 2.03. The zero-order valence-electron chi connectivity index (χ0n) is 10.4. The number of hydrogen-bond donors (Lipinski definition) is 1. The Bertz CT molecular complexity index is 324. The molecule has 2 N–H and O–H groups in total. The maximum Gasteiger partial charge on any atom is 0.0554 e. The maximum absolute atomic E-state index is 6.38. The van der Waals surface area contributed by atoms with Gasteiger partial charge in [-0.1, -0.05) is 19.8 Å². The largest absolute Gasteiger partial charge is 0.322 e. The molecule has 0 spiro atoms. The normalized spacial score (nSPS) is 27.9. The lowest BCUT2D eigenvalue weighted by atomic mass is 9.78. The minimum Gasteiger partial charge on any atom is -0.322 e. The Morgan fingerprint density at radius 2 is 2.12 bits per heavy atom. The van der Waals surface area contributed by atoms with E-state index in [-0.39, 0.29) is 6.04 Å². The lowest BCUT2D eigenvalue weighted by molar-refractivity contribution is 0.250. The lowest BCUT2D eigenvalue weighted by Crippen LogP contribution is -2.27. The first-order valence-corrected chi connectivity index (χ1v) is 6.49. The van der Waals surface area contributed by atoms with Crippen LogP contribution in [0, 0.1) is 11.8 Å². The SMILES string of the molecule is CCn1nccc1C(N)C1CCC(C)CC1. The van der Waals surface area contributed by atoms with E-state index in [4.69, 9.17) is 5.73 Å². The third-order valence-electron chi connectivity index (χ3n) is 3.96. The van der Waals surface area contributed by atoms with Gasteiger partial charge in [0.1, 0.15) is 0 Å². The van der Waals surface area contributed by atoms with Crippen LogP contribution in [0.5, 0.6) is 0 Å². The summed E-state index contributed by atoms with van der Waals surface area (Å²) in [5.74, 6) is 1.54. The number of rotatable bonds is 3. The van der Waals surface area contributed by atoms with Gasteiger partial charge >= 0.3 is 0 Å². The molecule has 1 fully saturated rings. The Morgan fingerprint density at radius 3 is 2.75 bits per heavy atom. The maximum atomic E-state index is 6.38. The van der Waals surface area contributed by atoms with Crippen molar-refractivity contribution in [2.24, 2.45) is 17.6 Å². The van der Waals surface area contributed by atoms with Gasteiger partial charge in [-0.2, -0.15) is 5.10 Å². The van der Waals surface area contributed by atoms with E-state index in [1.54, 1.807) is 0 Å². The van der Waals surface area contributed by atoms with Crippen molar-refractivity contribution in [1.29, 1.82) is 0 Å². The van der Waals surface area contributed by atoms with Gasteiger partial charge in [-0.25, -0.2) is 0 Å². The highest BCUT2D eigenvalue weighted by molar-refractivity contribution is 5.08. The third kappa shape index (κ3) is 2.29. The van der Waals surface area contributed by atoms with E-state index in [1.807, 2.05) is 10.9 Å². The second-order valence-electron chi connectivity index (χ2n) is 5.12. The van der Waals surface area contributed by atoms with Crippen molar-refractivity contribution in [1.82, 2.24) is 9.78 Å². The fourth-order valence-corrected chi connectivity index (χ4v) is 2.78. The summed E-state index contributed by atoms with van der Waals surface area (Å²) in [5, 5.41) is 4.30. The summed E-state index contributed by atoms with van der Waals surface area (Å²) in [4.78, 5) is 0. The number of nitrogens with zero attached hydrogens (tertiary/aromatic N) is 2. The van der Waals surface area contributed by atoms with Crippen LogP contribution in [0.2, 0.25) is 0 Å². The summed E-state index contributed by atoms with van der Waals surface area (Å²) in [6.45, 7) is 5.38. The monoisotopic (exact) mass is 221 g/mol. The predicted octanol–water partition coefficient (Wildman–Crippen LogP) is 2.73. The molecular weight excluding hydrogens is 198 g/mol. The highest BCUT2D eigenvalue weighted by atomic mass is 15.3. The van der Waals surface area contributed by atoms with Gasteiger partial charge in [0.15, 0.2) is 0 Å². The molecule has 0 saturated heterocycles. The van der Waals surface area contributed by atoms with Gasteiger partial charge in [0.2, 0.25) is 0 Å². The first-order valence-electron chi connectivity index (χ1n) is 6.49. The molecule has 3 heteroatoms. The number of aryl methyl sites for hydroxylation is 1. The minimum atomic E-state index is 0.176. The second-order valence-corrected chi connectivity index (χ2v) is 5.12. The predicted molar refractivity (Wildman–Crippen MR) is 66.0 cm³/mol. The van der Waals surface area contributed by atoms with Gasteiger partial charge < -0.3 is 5.73 Å². The van der Waals surface area contributed by atoms with Crippen molar-refractivity contribution in [3.05, 3.63) is 18.0 Å². The molecular formula is C13H23N3. The van der Waals surface area contributed by atoms with Crippen LogP contribution in [-0.4, -0.2) is 9.78 Å². The molecule has 1 aliphatic rings. The molecule has 0 amide bonds. The summed E-state index contributed by atoms with van der Waals surface area (Å²) in [7, 11) is 0. The molecule has 16 heavy (non-hydrogen) atoms. The Morgan fingerprint density at radius 1 is 1.44 bits per heavy atom. The number of aromatic nitrogens is 2. The summed E-state index contributed by atoms with van der Waals surface area (Å²) in [6, 6.07) is 2.25. The molecule has 1 unspecified atom stereocenters. The van der Waals surface area contributed by atoms with Gasteiger partial charge in [0, 0.05) is 18.8 Å². The molecule has 0 radical (unpaired) electrons. The average molecular weight is 221 g/mol. The van der Waals surface area contributed by atoms with Crippen molar-refractivity contribution < 1.29 is 0 Å². The van der Waals surface area contributed by atoms with E-state index < -0.39 is 0 Å². The van der Waals surface area contributed by atoms with Crippen LogP contribution < -0.4 is 5.73 Å². The molecule has 1 atom stereocenters. The Balaban J connectivity index is 2.04. The fourth-order valence-electron chi connectivity index (χ4n) is 2.78. The van der Waals surface area contributed by atoms with Gasteiger partial charge in [0.05, 0.1) is 5.69 Å². The lowest BCUT2D eigenvalue weighted by Gasteiger charge is -2.30. The Labute approximate surface area is 98.0 Å². The van der Waals surface area contributed by atoms with Gasteiger partial charge in [-0.3, -0.25) is 4.68 Å². The van der Waals surface area contributed by atoms with Crippen molar-refractivity contribution >= 4 is 0 Å². The van der Waals surface area contributed by atoms with Crippen molar-refractivity contribution in [2.75, 3.05) is 0 Å². The standard InChI is InChI=1S/C13H23N3/c1-3-16-12(8-9-15-16)13(14)11-6-4-10(2)5-7-11/h8-11,13H,3-7,14H2,1-2H3. The van der Waals surface area contributed by atoms with Crippen molar-refractivity contribution in [3.63, 3.8) is 0 Å². The van der Waals surface area contributed by atoms with Crippen LogP contribution >= 0.6 is 0 Å². The summed E-state index contributed by atoms with van der Waals surface area (Å²) in [5.41, 5.74) is 7.59. The molecule has 0 aliphatic heterocycles. The molecule has 1 saturated carbocycles. The van der Waals surface area contributed by atoms with Crippen LogP contribution in [0.3, 0.4) is 0 Å². The van der Waals surface area contributed by atoms with E-state index in [9.17, 15) is 0 Å². The van der Waals surface area contributed by atoms with Crippen molar-refractivity contribution in [2.45, 2.75) is 52.1 Å². The molecule has 1 aliphatic carbocycles. The fraction of sp³-hybridized carbons (Fsp3) is 0.769. The summed E-state index contributed by atoms with van der Waals surface area (Å²) >= 11 is 0. The van der Waals surface area contributed by atoms with Crippen LogP contribution in [0.1, 0.15) is 51.3 Å². The van der Waals surface area contributed by atoms with Crippen LogP contribution in [0.25, 0.3) is 0 Å². The van der Waals surface area contributed by atoms with Crippen LogP contribution in [0.4, 0.5) is 0 Å². The molecule has 0 aromatic carbocycles. The van der Waals surface area contributed by atoms with E-state index in [0.29, 0.717) is 5.92 Å². The molecule has 0 bridgehead atoms. The first-order chi connectivity index (χ1) is 7.72. The Hall–Kier alpha value is -0.830. The quantitative estimate of drug-likeness (QED) is 0.853. The van der Waals surface area contributed by atoms with E-state index >= 15 is 0 Å². The number of hydrogen-bond acceptors (Lipinski definition) is 2. The van der Waals surface area contributed by atoms with Crippen LogP contribution in [-0.2, 0) is 6.54 Å². The second kappa shape index (κ2) is 5.00. The molecule has 90 valence electrons. The zero-order valence-corrected chi connectivity index (χ0v) is 10.4. The van der Waals surface area contributed by atoms with Gasteiger partial charge in [-0.15, -0.1) is 0 Å². The van der Waals surface area contributed by atoms with E-state index in [1.165, 1.54) is 31.4 Å². The highest BCUT2D eigenvalue weighted by Crippen LogP contribution is 2.35. The van der Waals surface area contributed by atoms with Gasteiger partial charge in [-0.05, 0) is 37.7 Å². The minimum absolute atomic E-state index is 0.176. The first kappa shape index (κ1) is 11.6. The zero-order chi connectivity index (χ0) is 11.5. The molecule has 1 heterocycles.